The Kier molecular flexibility index (Phi) is 4.06. The largest absolute Gasteiger partial charge is 0.392 e. The quantitative estimate of drug-likeness (QED) is 0.938. The van der Waals surface area contributed by atoms with E-state index in [1.807, 2.05) is 13.8 Å². The summed E-state index contributed by atoms with van der Waals surface area (Å²) in [5, 5.41) is 14.1. The number of benzene rings is 1. The Morgan fingerprint density at radius 1 is 1.33 bits per heavy atom. The summed E-state index contributed by atoms with van der Waals surface area (Å²) in [6.07, 6.45) is 3.34. The van der Waals surface area contributed by atoms with Crippen LogP contribution in [0.4, 0.5) is 0 Å². The van der Waals surface area contributed by atoms with Gasteiger partial charge in [0.2, 0.25) is 5.89 Å². The molecule has 0 radical (unpaired) electrons. The van der Waals surface area contributed by atoms with Gasteiger partial charge in [0.25, 0.3) is 0 Å². The molecule has 4 heteroatoms. The van der Waals surface area contributed by atoms with Crippen LogP contribution < -0.4 is 0 Å². The van der Waals surface area contributed by atoms with Crippen molar-refractivity contribution in [3.63, 3.8) is 0 Å². The molecule has 0 saturated carbocycles. The zero-order valence-corrected chi connectivity index (χ0v) is 12.6. The summed E-state index contributed by atoms with van der Waals surface area (Å²) in [4.78, 5) is 4.52. The van der Waals surface area contributed by atoms with Gasteiger partial charge in [-0.15, -0.1) is 0 Å². The number of aryl methyl sites for hydroxylation is 1. The standard InChI is InChI=1S/C17H22N2O2/c1-11(2)15(20)10-16-18-17(19-21-16)14-9-5-7-12-6-3-4-8-13(12)14/h3-4,6,8,11,14-15,20H,5,7,9-10H2,1-2H3. The highest BCUT2D eigenvalue weighted by molar-refractivity contribution is 5.36. The van der Waals surface area contributed by atoms with E-state index in [2.05, 4.69) is 34.4 Å². The Balaban J connectivity index is 1.81. The second-order valence-electron chi connectivity index (χ2n) is 6.21. The fourth-order valence-electron chi connectivity index (χ4n) is 2.93. The van der Waals surface area contributed by atoms with Crippen LogP contribution in [0.25, 0.3) is 0 Å². The monoisotopic (exact) mass is 286 g/mol. The van der Waals surface area contributed by atoms with Gasteiger partial charge in [0.1, 0.15) is 0 Å². The number of hydrogen-bond acceptors (Lipinski definition) is 4. The minimum absolute atomic E-state index is 0.191. The van der Waals surface area contributed by atoms with Gasteiger partial charge in [0, 0.05) is 5.92 Å². The predicted octanol–water partition coefficient (Wildman–Crippen LogP) is 3.10. The second kappa shape index (κ2) is 5.98. The van der Waals surface area contributed by atoms with Gasteiger partial charge in [-0.1, -0.05) is 43.3 Å². The maximum atomic E-state index is 9.93. The van der Waals surface area contributed by atoms with Crippen molar-refractivity contribution in [1.82, 2.24) is 10.1 Å². The lowest BCUT2D eigenvalue weighted by molar-refractivity contribution is 0.116. The first-order valence-electron chi connectivity index (χ1n) is 7.73. The third-order valence-corrected chi connectivity index (χ3v) is 4.32. The Hall–Kier alpha value is -1.68. The number of hydrogen-bond donors (Lipinski definition) is 1. The van der Waals surface area contributed by atoms with Crippen molar-refractivity contribution in [3.8, 4) is 0 Å². The molecule has 0 fully saturated rings. The van der Waals surface area contributed by atoms with Gasteiger partial charge in [-0.25, -0.2) is 0 Å². The van der Waals surface area contributed by atoms with Gasteiger partial charge >= 0.3 is 0 Å². The van der Waals surface area contributed by atoms with Crippen LogP contribution in [0.2, 0.25) is 0 Å². The first-order chi connectivity index (χ1) is 10.1. The maximum absolute atomic E-state index is 9.93. The minimum Gasteiger partial charge on any atom is -0.392 e. The fourth-order valence-corrected chi connectivity index (χ4v) is 2.93. The molecule has 0 amide bonds. The molecule has 112 valence electrons. The van der Waals surface area contributed by atoms with Crippen molar-refractivity contribution in [2.45, 2.75) is 51.6 Å². The van der Waals surface area contributed by atoms with Crippen LogP contribution >= 0.6 is 0 Å². The molecule has 0 saturated heterocycles. The SMILES string of the molecule is CC(C)C(O)Cc1nc(C2CCCc3ccccc32)no1. The number of nitrogens with zero attached hydrogens (tertiary/aromatic N) is 2. The Morgan fingerprint density at radius 3 is 2.95 bits per heavy atom. The van der Waals surface area contributed by atoms with Crippen LogP contribution in [0.3, 0.4) is 0 Å². The van der Waals surface area contributed by atoms with Crippen molar-refractivity contribution in [2.75, 3.05) is 0 Å². The third kappa shape index (κ3) is 3.00. The van der Waals surface area contributed by atoms with Crippen molar-refractivity contribution in [3.05, 3.63) is 47.1 Å². The number of aromatic nitrogens is 2. The lowest BCUT2D eigenvalue weighted by Gasteiger charge is -2.22. The van der Waals surface area contributed by atoms with Crippen molar-refractivity contribution < 1.29 is 9.63 Å². The van der Waals surface area contributed by atoms with Crippen molar-refractivity contribution in [1.29, 1.82) is 0 Å². The molecule has 0 spiro atoms. The van der Waals surface area contributed by atoms with Gasteiger partial charge in [-0.05, 0) is 36.3 Å². The van der Waals surface area contributed by atoms with Gasteiger partial charge < -0.3 is 9.63 Å². The van der Waals surface area contributed by atoms with E-state index < -0.39 is 6.10 Å². The first-order valence-corrected chi connectivity index (χ1v) is 7.73. The van der Waals surface area contributed by atoms with E-state index in [0.717, 1.165) is 25.1 Å². The Bertz CT molecular complexity index is 606. The topological polar surface area (TPSA) is 59.2 Å². The summed E-state index contributed by atoms with van der Waals surface area (Å²) in [7, 11) is 0. The average Bonchev–Trinajstić information content (AvgIpc) is 2.95. The average molecular weight is 286 g/mol. The van der Waals surface area contributed by atoms with Crippen LogP contribution in [0.5, 0.6) is 0 Å². The fraction of sp³-hybridized carbons (Fsp3) is 0.529. The molecule has 1 N–H and O–H groups in total. The summed E-state index contributed by atoms with van der Waals surface area (Å²) in [6, 6.07) is 8.51. The number of aliphatic hydroxyl groups excluding tert-OH is 1. The van der Waals surface area contributed by atoms with Crippen LogP contribution in [-0.2, 0) is 12.8 Å². The molecule has 1 aliphatic carbocycles. The van der Waals surface area contributed by atoms with E-state index in [9.17, 15) is 5.11 Å². The van der Waals surface area contributed by atoms with E-state index in [0.29, 0.717) is 12.3 Å². The van der Waals surface area contributed by atoms with Gasteiger partial charge in [0.15, 0.2) is 5.82 Å². The van der Waals surface area contributed by atoms with Gasteiger partial charge in [-0.2, -0.15) is 4.98 Å². The third-order valence-electron chi connectivity index (χ3n) is 4.32. The predicted molar refractivity (Wildman–Crippen MR) is 80.1 cm³/mol. The molecule has 0 aliphatic heterocycles. The van der Waals surface area contributed by atoms with E-state index in [1.54, 1.807) is 0 Å². The molecule has 1 aliphatic rings. The molecule has 1 heterocycles. The zero-order chi connectivity index (χ0) is 14.8. The first kappa shape index (κ1) is 14.3. The molecule has 2 atom stereocenters. The number of rotatable bonds is 4. The van der Waals surface area contributed by atoms with Crippen molar-refractivity contribution >= 4 is 0 Å². The molecular weight excluding hydrogens is 264 g/mol. The normalized spacial score (nSPS) is 19.5. The Morgan fingerprint density at radius 2 is 2.14 bits per heavy atom. The second-order valence-corrected chi connectivity index (χ2v) is 6.21. The van der Waals surface area contributed by atoms with Crippen LogP contribution in [-0.4, -0.2) is 21.4 Å². The summed E-state index contributed by atoms with van der Waals surface area (Å²) in [5.41, 5.74) is 2.71. The van der Waals surface area contributed by atoms with Crippen molar-refractivity contribution in [2.24, 2.45) is 5.92 Å². The molecule has 21 heavy (non-hydrogen) atoms. The molecule has 3 rings (SSSR count). The molecule has 0 bridgehead atoms. The van der Waals surface area contributed by atoms with Crippen LogP contribution in [0.1, 0.15) is 55.4 Å². The highest BCUT2D eigenvalue weighted by Gasteiger charge is 2.26. The maximum Gasteiger partial charge on any atom is 0.229 e. The molecule has 1 aromatic carbocycles. The van der Waals surface area contributed by atoms with Gasteiger partial charge in [0.05, 0.1) is 12.5 Å². The summed E-state index contributed by atoms with van der Waals surface area (Å²) in [6.45, 7) is 3.97. The molecule has 4 nitrogen and oxygen atoms in total. The zero-order valence-electron chi connectivity index (χ0n) is 12.6. The van der Waals surface area contributed by atoms with Gasteiger partial charge in [-0.3, -0.25) is 0 Å². The summed E-state index contributed by atoms with van der Waals surface area (Å²) in [5.74, 6) is 1.71. The Labute approximate surface area is 125 Å². The van der Waals surface area contributed by atoms with E-state index in [-0.39, 0.29) is 11.8 Å². The lowest BCUT2D eigenvalue weighted by Crippen LogP contribution is -2.18. The van der Waals surface area contributed by atoms with E-state index in [4.69, 9.17) is 4.52 Å². The highest BCUT2D eigenvalue weighted by Crippen LogP contribution is 2.35. The molecule has 2 aromatic rings. The number of aliphatic hydroxyl groups is 1. The lowest BCUT2D eigenvalue weighted by atomic mass is 9.82. The molecule has 1 aromatic heterocycles. The van der Waals surface area contributed by atoms with E-state index >= 15 is 0 Å². The summed E-state index contributed by atoms with van der Waals surface area (Å²) >= 11 is 0. The van der Waals surface area contributed by atoms with Crippen LogP contribution in [0.15, 0.2) is 28.8 Å². The highest BCUT2D eigenvalue weighted by atomic mass is 16.5. The smallest absolute Gasteiger partial charge is 0.229 e. The van der Waals surface area contributed by atoms with E-state index in [1.165, 1.54) is 11.1 Å². The minimum atomic E-state index is -0.433. The number of fused-ring (bicyclic) bond motifs is 1. The molecular formula is C17H22N2O2. The molecule has 2 unspecified atom stereocenters. The van der Waals surface area contributed by atoms with Crippen LogP contribution in [0, 0.1) is 5.92 Å². The summed E-state index contributed by atoms with van der Waals surface area (Å²) < 4.78 is 5.33.